The number of nitrogens with zero attached hydrogens (tertiary/aromatic N) is 2. The topological polar surface area (TPSA) is 18.5 Å². The molecule has 2 fully saturated rings. The summed E-state index contributed by atoms with van der Waals surface area (Å²) in [6.45, 7) is 5.68. The molecule has 0 amide bonds. The first-order valence-corrected chi connectivity index (χ1v) is 7.55. The van der Waals surface area contributed by atoms with E-state index in [1.165, 1.54) is 19.4 Å². The van der Waals surface area contributed by atoms with E-state index in [0.29, 0.717) is 0 Å². The van der Waals surface area contributed by atoms with Gasteiger partial charge in [0.1, 0.15) is 0 Å². The Morgan fingerprint density at radius 3 is 2.42 bits per heavy atom. The maximum absolute atomic E-state index is 5.49. The normalized spacial score (nSPS) is 20.3. The third kappa shape index (κ3) is 3.67. The molecule has 1 saturated heterocycles. The Balaban J connectivity index is 1.46. The number of benzene rings is 1. The van der Waals surface area contributed by atoms with Crippen LogP contribution in [0, 0.1) is 5.92 Å². The van der Waals surface area contributed by atoms with Crippen molar-refractivity contribution in [3.05, 3.63) is 30.3 Å². The molecule has 3 nitrogen and oxygen atoms in total. The van der Waals surface area contributed by atoms with Gasteiger partial charge in [-0.15, -0.1) is 0 Å². The Bertz CT molecular complexity index is 422. The van der Waals surface area contributed by atoms with Crippen LogP contribution in [0.3, 0.4) is 0 Å². The average molecular weight is 275 g/mol. The van der Waals surface area contributed by atoms with Crippen LogP contribution in [-0.2, 0) is 0 Å². The standard InChI is InChI=1S/C15H21N3S/c19-15(16-14-4-2-1-3-5-14)18-10-8-17(9-11-18)12-13-6-7-13/h1-5,13H,6-12H2,(H,16,19). The van der Waals surface area contributed by atoms with Crippen molar-refractivity contribution in [2.75, 3.05) is 38.0 Å². The summed E-state index contributed by atoms with van der Waals surface area (Å²) in [5.74, 6) is 0.987. The van der Waals surface area contributed by atoms with Crippen molar-refractivity contribution >= 4 is 23.0 Å². The van der Waals surface area contributed by atoms with Gasteiger partial charge in [-0.05, 0) is 43.1 Å². The summed E-state index contributed by atoms with van der Waals surface area (Å²) < 4.78 is 0. The fraction of sp³-hybridized carbons (Fsp3) is 0.533. The lowest BCUT2D eigenvalue weighted by atomic mass is 10.3. The highest BCUT2D eigenvalue weighted by molar-refractivity contribution is 7.80. The van der Waals surface area contributed by atoms with Crippen molar-refractivity contribution in [2.24, 2.45) is 5.92 Å². The fourth-order valence-corrected chi connectivity index (χ4v) is 2.82. The molecular weight excluding hydrogens is 254 g/mol. The van der Waals surface area contributed by atoms with Crippen LogP contribution in [0.4, 0.5) is 5.69 Å². The molecule has 2 aliphatic rings. The molecule has 1 heterocycles. The molecule has 3 rings (SSSR count). The molecule has 102 valence electrons. The number of hydrogen-bond donors (Lipinski definition) is 1. The maximum Gasteiger partial charge on any atom is 0.173 e. The predicted octanol–water partition coefficient (Wildman–Crippen LogP) is 2.41. The third-order valence-electron chi connectivity index (χ3n) is 3.90. The molecular formula is C15H21N3S. The minimum Gasteiger partial charge on any atom is -0.346 e. The predicted molar refractivity (Wildman–Crippen MR) is 83.4 cm³/mol. The summed E-state index contributed by atoms with van der Waals surface area (Å²) in [7, 11) is 0. The summed E-state index contributed by atoms with van der Waals surface area (Å²) in [6.07, 6.45) is 2.88. The minimum atomic E-state index is 0.859. The summed E-state index contributed by atoms with van der Waals surface area (Å²) in [5.41, 5.74) is 1.08. The number of nitrogens with one attached hydrogen (secondary N) is 1. The Morgan fingerprint density at radius 2 is 1.79 bits per heavy atom. The van der Waals surface area contributed by atoms with E-state index in [2.05, 4.69) is 27.2 Å². The molecule has 1 aliphatic heterocycles. The van der Waals surface area contributed by atoms with Gasteiger partial charge in [0.05, 0.1) is 0 Å². The van der Waals surface area contributed by atoms with E-state index < -0.39 is 0 Å². The zero-order valence-corrected chi connectivity index (χ0v) is 12.0. The fourth-order valence-electron chi connectivity index (χ4n) is 2.52. The molecule has 4 heteroatoms. The van der Waals surface area contributed by atoms with E-state index in [1.54, 1.807) is 0 Å². The second kappa shape index (κ2) is 5.88. The second-order valence-electron chi connectivity index (χ2n) is 5.53. The number of anilines is 1. The Labute approximate surface area is 120 Å². The number of hydrogen-bond acceptors (Lipinski definition) is 2. The van der Waals surface area contributed by atoms with Crippen LogP contribution in [0.1, 0.15) is 12.8 Å². The van der Waals surface area contributed by atoms with E-state index in [0.717, 1.165) is 42.9 Å². The molecule has 1 aliphatic carbocycles. The van der Waals surface area contributed by atoms with Crippen LogP contribution in [0.15, 0.2) is 30.3 Å². The molecule has 1 N–H and O–H groups in total. The van der Waals surface area contributed by atoms with Gasteiger partial charge in [-0.25, -0.2) is 0 Å². The number of rotatable bonds is 3. The SMILES string of the molecule is S=C(Nc1ccccc1)N1CCN(CC2CC2)CC1. The lowest BCUT2D eigenvalue weighted by Crippen LogP contribution is -2.50. The molecule has 0 spiro atoms. The molecule has 0 aromatic heterocycles. The summed E-state index contributed by atoms with van der Waals surface area (Å²) in [5, 5.41) is 4.18. The van der Waals surface area contributed by atoms with Crippen LogP contribution < -0.4 is 5.32 Å². The number of piperazine rings is 1. The largest absolute Gasteiger partial charge is 0.346 e. The highest BCUT2D eigenvalue weighted by Crippen LogP contribution is 2.29. The zero-order chi connectivity index (χ0) is 13.1. The van der Waals surface area contributed by atoms with Gasteiger partial charge in [-0.2, -0.15) is 0 Å². The lowest BCUT2D eigenvalue weighted by Gasteiger charge is -2.36. The molecule has 0 unspecified atom stereocenters. The van der Waals surface area contributed by atoms with Crippen LogP contribution in [0.2, 0.25) is 0 Å². The minimum absolute atomic E-state index is 0.859. The first-order valence-electron chi connectivity index (χ1n) is 7.14. The molecule has 1 aromatic carbocycles. The Hall–Kier alpha value is -1.13. The first-order chi connectivity index (χ1) is 9.31. The highest BCUT2D eigenvalue weighted by atomic mass is 32.1. The van der Waals surface area contributed by atoms with Crippen LogP contribution >= 0.6 is 12.2 Å². The second-order valence-corrected chi connectivity index (χ2v) is 5.91. The number of thiocarbonyl (C=S) groups is 1. The van der Waals surface area contributed by atoms with Crippen molar-refractivity contribution in [1.29, 1.82) is 0 Å². The van der Waals surface area contributed by atoms with Gasteiger partial charge < -0.3 is 10.2 Å². The van der Waals surface area contributed by atoms with Crippen LogP contribution in [0.25, 0.3) is 0 Å². The first kappa shape index (κ1) is 12.9. The van der Waals surface area contributed by atoms with Crippen molar-refractivity contribution < 1.29 is 0 Å². The van der Waals surface area contributed by atoms with Gasteiger partial charge in [0.2, 0.25) is 0 Å². The molecule has 0 radical (unpaired) electrons. The Kier molecular flexibility index (Phi) is 3.99. The van der Waals surface area contributed by atoms with Gasteiger partial charge in [0, 0.05) is 38.4 Å². The zero-order valence-electron chi connectivity index (χ0n) is 11.2. The quantitative estimate of drug-likeness (QED) is 0.854. The lowest BCUT2D eigenvalue weighted by molar-refractivity contribution is 0.177. The average Bonchev–Trinajstić information content (AvgIpc) is 3.25. The van der Waals surface area contributed by atoms with Crippen LogP contribution in [0.5, 0.6) is 0 Å². The van der Waals surface area contributed by atoms with Crippen LogP contribution in [-0.4, -0.2) is 47.6 Å². The van der Waals surface area contributed by atoms with Gasteiger partial charge >= 0.3 is 0 Å². The summed E-state index contributed by atoms with van der Waals surface area (Å²) >= 11 is 5.49. The summed E-state index contributed by atoms with van der Waals surface area (Å²) in [6, 6.07) is 10.2. The Morgan fingerprint density at radius 1 is 1.11 bits per heavy atom. The van der Waals surface area contributed by atoms with E-state index in [1.807, 2.05) is 18.2 Å². The summed E-state index contributed by atoms with van der Waals surface area (Å²) in [4.78, 5) is 4.87. The highest BCUT2D eigenvalue weighted by Gasteiger charge is 2.26. The van der Waals surface area contributed by atoms with Crippen molar-refractivity contribution in [1.82, 2.24) is 9.80 Å². The molecule has 0 bridgehead atoms. The van der Waals surface area contributed by atoms with Crippen molar-refractivity contribution in [3.8, 4) is 0 Å². The molecule has 0 atom stereocenters. The smallest absolute Gasteiger partial charge is 0.173 e. The molecule has 1 aromatic rings. The molecule has 19 heavy (non-hydrogen) atoms. The maximum atomic E-state index is 5.49. The van der Waals surface area contributed by atoms with E-state index in [-0.39, 0.29) is 0 Å². The van der Waals surface area contributed by atoms with E-state index in [4.69, 9.17) is 12.2 Å². The monoisotopic (exact) mass is 275 g/mol. The van der Waals surface area contributed by atoms with Gasteiger partial charge in [-0.3, -0.25) is 4.90 Å². The van der Waals surface area contributed by atoms with Gasteiger partial charge in [-0.1, -0.05) is 18.2 Å². The van der Waals surface area contributed by atoms with Gasteiger partial charge in [0.25, 0.3) is 0 Å². The molecule has 1 saturated carbocycles. The van der Waals surface area contributed by atoms with Gasteiger partial charge in [0.15, 0.2) is 5.11 Å². The van der Waals surface area contributed by atoms with E-state index in [9.17, 15) is 0 Å². The van der Waals surface area contributed by atoms with E-state index >= 15 is 0 Å². The number of para-hydroxylation sites is 1. The van der Waals surface area contributed by atoms with Crippen molar-refractivity contribution in [3.63, 3.8) is 0 Å². The van der Waals surface area contributed by atoms with Crippen molar-refractivity contribution in [2.45, 2.75) is 12.8 Å². The third-order valence-corrected chi connectivity index (χ3v) is 4.26.